The molecule has 124 valence electrons. The number of hydrogen-bond acceptors (Lipinski definition) is 2. The number of hydrogen-bond donors (Lipinski definition) is 0. The Morgan fingerprint density at radius 2 is 2.04 bits per heavy atom. The van der Waals surface area contributed by atoms with Crippen molar-refractivity contribution in [2.24, 2.45) is 0 Å². The highest BCUT2D eigenvalue weighted by Gasteiger charge is 2.36. The quantitative estimate of drug-likeness (QED) is 0.824. The summed E-state index contributed by atoms with van der Waals surface area (Å²) in [6.07, 6.45) is 7.61. The number of unbranched alkanes of at least 4 members (excludes halogenated alkanes) is 1. The number of nitrogens with zero attached hydrogens (tertiary/aromatic N) is 2. The summed E-state index contributed by atoms with van der Waals surface area (Å²) in [6.45, 7) is 2.87. The zero-order chi connectivity index (χ0) is 16.4. The molecule has 0 unspecified atom stereocenters. The molecular weight excluding hydrogens is 291 g/mol. The van der Waals surface area contributed by atoms with Gasteiger partial charge >= 0.3 is 0 Å². The first-order valence-electron chi connectivity index (χ1n) is 8.60. The van der Waals surface area contributed by atoms with Gasteiger partial charge in [0.25, 0.3) is 5.91 Å². The van der Waals surface area contributed by atoms with Gasteiger partial charge in [-0.05, 0) is 56.7 Å². The fraction of sp³-hybridized carbons (Fsp3) is 0.526. The van der Waals surface area contributed by atoms with Gasteiger partial charge in [-0.3, -0.25) is 9.69 Å². The van der Waals surface area contributed by atoms with Crippen LogP contribution in [-0.2, 0) is 0 Å². The normalized spacial score (nSPS) is 23.7. The van der Waals surface area contributed by atoms with E-state index in [2.05, 4.69) is 24.9 Å². The van der Waals surface area contributed by atoms with E-state index in [4.69, 9.17) is 0 Å². The molecule has 2 atom stereocenters. The van der Waals surface area contributed by atoms with E-state index >= 15 is 0 Å². The lowest BCUT2D eigenvalue weighted by Gasteiger charge is -2.35. The zero-order valence-electron chi connectivity index (χ0n) is 14.0. The van der Waals surface area contributed by atoms with Crippen LogP contribution in [0.4, 0.5) is 4.39 Å². The van der Waals surface area contributed by atoms with E-state index in [1.54, 1.807) is 12.1 Å². The van der Waals surface area contributed by atoms with Crippen molar-refractivity contribution in [2.45, 2.75) is 51.1 Å². The molecule has 1 amide bonds. The highest BCUT2D eigenvalue weighted by atomic mass is 19.1. The van der Waals surface area contributed by atoms with Crippen molar-refractivity contribution >= 4 is 5.91 Å². The molecule has 2 aliphatic heterocycles. The molecule has 23 heavy (non-hydrogen) atoms. The lowest BCUT2D eigenvalue weighted by molar-refractivity contribution is 0.0784. The van der Waals surface area contributed by atoms with Gasteiger partial charge in [0.2, 0.25) is 0 Å². The first-order valence-corrected chi connectivity index (χ1v) is 8.60. The van der Waals surface area contributed by atoms with Crippen LogP contribution >= 0.6 is 0 Å². The van der Waals surface area contributed by atoms with Crippen LogP contribution in [0.3, 0.4) is 0 Å². The van der Waals surface area contributed by atoms with Gasteiger partial charge in [-0.15, -0.1) is 0 Å². The van der Waals surface area contributed by atoms with E-state index in [9.17, 15) is 9.18 Å². The maximum absolute atomic E-state index is 13.1. The van der Waals surface area contributed by atoms with Crippen LogP contribution in [0.25, 0.3) is 0 Å². The molecule has 0 spiro atoms. The second-order valence-corrected chi connectivity index (χ2v) is 6.64. The largest absolute Gasteiger partial charge is 0.312 e. The molecule has 2 heterocycles. The molecule has 0 saturated carbocycles. The predicted octanol–water partition coefficient (Wildman–Crippen LogP) is 3.82. The minimum atomic E-state index is -0.307. The third-order valence-corrected chi connectivity index (χ3v) is 5.14. The number of fused-ring (bicyclic) bond motifs is 2. The second-order valence-electron chi connectivity index (χ2n) is 6.64. The van der Waals surface area contributed by atoms with E-state index in [-0.39, 0.29) is 11.7 Å². The molecule has 1 aromatic carbocycles. The van der Waals surface area contributed by atoms with Crippen LogP contribution in [0.2, 0.25) is 0 Å². The first kappa shape index (κ1) is 16.2. The van der Waals surface area contributed by atoms with Gasteiger partial charge in [0.15, 0.2) is 0 Å². The highest BCUT2D eigenvalue weighted by molar-refractivity contribution is 5.95. The fourth-order valence-corrected chi connectivity index (χ4v) is 3.66. The molecule has 1 aromatic rings. The topological polar surface area (TPSA) is 23.6 Å². The first-order chi connectivity index (χ1) is 11.1. The third-order valence-electron chi connectivity index (χ3n) is 5.14. The van der Waals surface area contributed by atoms with E-state index < -0.39 is 0 Å². The van der Waals surface area contributed by atoms with Gasteiger partial charge in [0.05, 0.1) is 0 Å². The van der Waals surface area contributed by atoms with Gasteiger partial charge in [0, 0.05) is 36.3 Å². The third kappa shape index (κ3) is 3.32. The molecule has 0 aromatic heterocycles. The van der Waals surface area contributed by atoms with Gasteiger partial charge in [-0.2, -0.15) is 0 Å². The molecule has 0 radical (unpaired) electrons. The van der Waals surface area contributed by atoms with Crippen molar-refractivity contribution in [3.8, 4) is 0 Å². The van der Waals surface area contributed by atoms with Gasteiger partial charge in [-0.25, -0.2) is 4.39 Å². The van der Waals surface area contributed by atoms with Crippen molar-refractivity contribution in [3.05, 3.63) is 47.4 Å². The molecule has 1 saturated heterocycles. The summed E-state index contributed by atoms with van der Waals surface area (Å²) in [6, 6.07) is 6.89. The minimum Gasteiger partial charge on any atom is -0.312 e. The Labute approximate surface area is 137 Å². The number of carbonyl (C=O) groups excluding carboxylic acids is 1. The van der Waals surface area contributed by atoms with Crippen molar-refractivity contribution in [3.63, 3.8) is 0 Å². The van der Waals surface area contributed by atoms with E-state index in [0.29, 0.717) is 17.6 Å². The molecule has 0 N–H and O–H groups in total. The smallest absolute Gasteiger partial charge is 0.258 e. The predicted molar refractivity (Wildman–Crippen MR) is 89.6 cm³/mol. The van der Waals surface area contributed by atoms with Gasteiger partial charge in [0.1, 0.15) is 5.82 Å². The fourth-order valence-electron chi connectivity index (χ4n) is 3.66. The molecule has 0 aliphatic carbocycles. The van der Waals surface area contributed by atoms with Crippen LogP contribution in [0.5, 0.6) is 0 Å². The van der Waals surface area contributed by atoms with Crippen LogP contribution < -0.4 is 0 Å². The number of halogens is 1. The van der Waals surface area contributed by atoms with E-state index in [0.717, 1.165) is 31.5 Å². The lowest BCUT2D eigenvalue weighted by Crippen LogP contribution is -2.41. The van der Waals surface area contributed by atoms with Crippen LogP contribution in [0, 0.1) is 5.82 Å². The van der Waals surface area contributed by atoms with Crippen molar-refractivity contribution in [2.75, 3.05) is 13.6 Å². The van der Waals surface area contributed by atoms with Crippen molar-refractivity contribution < 1.29 is 9.18 Å². The monoisotopic (exact) mass is 316 g/mol. The van der Waals surface area contributed by atoms with Crippen molar-refractivity contribution in [1.29, 1.82) is 0 Å². The number of carbonyl (C=O) groups is 1. The van der Waals surface area contributed by atoms with Crippen LogP contribution in [0.15, 0.2) is 36.0 Å². The minimum absolute atomic E-state index is 0.00588. The van der Waals surface area contributed by atoms with E-state index in [1.807, 2.05) is 4.90 Å². The molecule has 3 rings (SSSR count). The standard InChI is InChI=1S/C19H25FN2O/c1-3-4-11-22(19(23)14-5-7-15(20)8-6-14)18-12-16-9-10-17(13-18)21(16)2/h5-8,12,16-17H,3-4,9-11,13H2,1-2H3/t16-,17+/m0/s1. The maximum Gasteiger partial charge on any atom is 0.258 e. The summed E-state index contributed by atoms with van der Waals surface area (Å²) >= 11 is 0. The number of likely N-dealkylation sites (N-methyl/N-ethyl adjacent to an activating group) is 1. The molecule has 2 aliphatic rings. The number of amides is 1. The summed E-state index contributed by atoms with van der Waals surface area (Å²) in [5.41, 5.74) is 1.72. The summed E-state index contributed by atoms with van der Waals surface area (Å²) in [7, 11) is 2.17. The SMILES string of the molecule is CCCCN(C(=O)c1ccc(F)cc1)C1=C[C@@H]2CC[C@H](C1)N2C. The number of rotatable bonds is 5. The highest BCUT2D eigenvalue weighted by Crippen LogP contribution is 2.35. The zero-order valence-corrected chi connectivity index (χ0v) is 14.0. The summed E-state index contributed by atoms with van der Waals surface area (Å²) in [4.78, 5) is 17.3. The van der Waals surface area contributed by atoms with Crippen LogP contribution in [0.1, 0.15) is 49.4 Å². The van der Waals surface area contributed by atoms with Crippen molar-refractivity contribution in [1.82, 2.24) is 9.80 Å². The average Bonchev–Trinajstić information content (AvgIpc) is 2.76. The summed E-state index contributed by atoms with van der Waals surface area (Å²) in [5, 5.41) is 0. The van der Waals surface area contributed by atoms with E-state index in [1.165, 1.54) is 25.0 Å². The molecule has 1 fully saturated rings. The Balaban J connectivity index is 1.84. The Bertz CT molecular complexity index is 596. The maximum atomic E-state index is 13.1. The second kappa shape index (κ2) is 6.83. The molecule has 4 heteroatoms. The molecule has 3 nitrogen and oxygen atoms in total. The average molecular weight is 316 g/mol. The number of benzene rings is 1. The lowest BCUT2D eigenvalue weighted by atomic mass is 10.0. The Morgan fingerprint density at radius 1 is 1.30 bits per heavy atom. The molecular formula is C19H25FN2O. The van der Waals surface area contributed by atoms with Crippen LogP contribution in [-0.4, -0.2) is 41.4 Å². The Morgan fingerprint density at radius 3 is 2.70 bits per heavy atom. The molecule has 2 bridgehead atoms. The van der Waals surface area contributed by atoms with Gasteiger partial charge in [-0.1, -0.05) is 13.3 Å². The Hall–Kier alpha value is -1.68. The summed E-state index contributed by atoms with van der Waals surface area (Å²) in [5.74, 6) is -0.313. The van der Waals surface area contributed by atoms with Gasteiger partial charge < -0.3 is 4.90 Å². The summed E-state index contributed by atoms with van der Waals surface area (Å²) < 4.78 is 13.1. The Kier molecular flexibility index (Phi) is 4.81.